The van der Waals surface area contributed by atoms with Gasteiger partial charge in [-0.15, -0.1) is 0 Å². The molecule has 0 spiro atoms. The second-order valence-corrected chi connectivity index (χ2v) is 2.36. The minimum Gasteiger partial charge on any atom is -0.478 e. The molecule has 3 nitrogen and oxygen atoms in total. The molecule has 0 amide bonds. The number of carboxylic acid groups (broad SMARTS) is 1. The van der Waals surface area contributed by atoms with E-state index in [0.717, 1.165) is 0 Å². The number of nitrogen functional groups attached to an aromatic ring is 1. The van der Waals surface area contributed by atoms with Crippen LogP contribution in [0.4, 0.5) is 10.1 Å². The minimum absolute atomic E-state index is 0.0508. The predicted octanol–water partition coefficient (Wildman–Crippen LogP) is 1.44. The van der Waals surface area contributed by atoms with E-state index in [1.807, 2.05) is 0 Å². The zero-order chi connectivity index (χ0) is 9.14. The summed E-state index contributed by atoms with van der Waals surface area (Å²) in [6.45, 7) is -0.680. The standard InChI is InChI=1S/C8H8FNO2/c9-4-5-1-2-7(10)6(3-5)8(11)12/h1-3H,4,10H2,(H,11,12). The molecule has 1 aromatic rings. The molecule has 4 heteroatoms. The summed E-state index contributed by atoms with van der Waals surface area (Å²) in [6.07, 6.45) is 0. The zero-order valence-electron chi connectivity index (χ0n) is 6.25. The Labute approximate surface area is 68.6 Å². The first-order valence-corrected chi connectivity index (χ1v) is 3.33. The van der Waals surface area contributed by atoms with Crippen molar-refractivity contribution in [2.24, 2.45) is 0 Å². The maximum atomic E-state index is 12.1. The molecule has 1 aromatic carbocycles. The predicted molar refractivity (Wildman–Crippen MR) is 42.6 cm³/mol. The molecule has 64 valence electrons. The van der Waals surface area contributed by atoms with Gasteiger partial charge in [-0.05, 0) is 17.7 Å². The van der Waals surface area contributed by atoms with Gasteiger partial charge in [-0.25, -0.2) is 9.18 Å². The van der Waals surface area contributed by atoms with Gasteiger partial charge in [-0.1, -0.05) is 6.07 Å². The molecule has 0 aliphatic carbocycles. The summed E-state index contributed by atoms with van der Waals surface area (Å²) in [5.41, 5.74) is 5.76. The van der Waals surface area contributed by atoms with E-state index in [-0.39, 0.29) is 11.3 Å². The number of aromatic carboxylic acids is 1. The van der Waals surface area contributed by atoms with Gasteiger partial charge in [0.2, 0.25) is 0 Å². The van der Waals surface area contributed by atoms with Crippen LogP contribution < -0.4 is 5.73 Å². The normalized spacial score (nSPS) is 9.75. The number of rotatable bonds is 2. The molecule has 0 atom stereocenters. The van der Waals surface area contributed by atoms with E-state index < -0.39 is 12.6 Å². The van der Waals surface area contributed by atoms with Crippen molar-refractivity contribution >= 4 is 11.7 Å². The lowest BCUT2D eigenvalue weighted by Gasteiger charge is -2.01. The Balaban J connectivity index is 3.17. The number of carbonyl (C=O) groups is 1. The molecule has 0 aromatic heterocycles. The number of anilines is 1. The third kappa shape index (κ3) is 1.53. The molecule has 0 unspecified atom stereocenters. The molecule has 1 rings (SSSR count). The summed E-state index contributed by atoms with van der Waals surface area (Å²) >= 11 is 0. The second kappa shape index (κ2) is 3.21. The average molecular weight is 169 g/mol. The first kappa shape index (κ1) is 8.52. The Hall–Kier alpha value is -1.58. The van der Waals surface area contributed by atoms with Crippen molar-refractivity contribution in [1.29, 1.82) is 0 Å². The summed E-state index contributed by atoms with van der Waals surface area (Å²) in [5.74, 6) is -1.14. The van der Waals surface area contributed by atoms with E-state index in [1.54, 1.807) is 0 Å². The van der Waals surface area contributed by atoms with Crippen LogP contribution in [-0.2, 0) is 6.67 Å². The average Bonchev–Trinajstić information content (AvgIpc) is 2.05. The van der Waals surface area contributed by atoms with Gasteiger partial charge in [0.1, 0.15) is 6.67 Å². The van der Waals surface area contributed by atoms with Crippen molar-refractivity contribution < 1.29 is 14.3 Å². The fourth-order valence-corrected chi connectivity index (χ4v) is 0.872. The number of benzene rings is 1. The summed E-state index contributed by atoms with van der Waals surface area (Å²) < 4.78 is 12.1. The van der Waals surface area contributed by atoms with Crippen LogP contribution in [0.1, 0.15) is 15.9 Å². The molecule has 12 heavy (non-hydrogen) atoms. The topological polar surface area (TPSA) is 63.3 Å². The van der Waals surface area contributed by atoms with Gasteiger partial charge >= 0.3 is 5.97 Å². The molecule has 0 saturated carbocycles. The Morgan fingerprint density at radius 3 is 2.75 bits per heavy atom. The van der Waals surface area contributed by atoms with Gasteiger partial charge in [0.15, 0.2) is 0 Å². The van der Waals surface area contributed by atoms with Gasteiger partial charge in [-0.2, -0.15) is 0 Å². The number of carboxylic acids is 1. The number of nitrogens with two attached hydrogens (primary N) is 1. The second-order valence-electron chi connectivity index (χ2n) is 2.36. The summed E-state index contributed by atoms with van der Waals surface area (Å²) in [6, 6.07) is 4.08. The van der Waals surface area contributed by atoms with Gasteiger partial charge in [-0.3, -0.25) is 0 Å². The molecule has 0 aliphatic rings. The van der Waals surface area contributed by atoms with Crippen LogP contribution in [0.15, 0.2) is 18.2 Å². The first-order valence-electron chi connectivity index (χ1n) is 3.33. The maximum absolute atomic E-state index is 12.1. The van der Waals surface area contributed by atoms with Crippen molar-refractivity contribution in [3.63, 3.8) is 0 Å². The summed E-state index contributed by atoms with van der Waals surface area (Å²) in [4.78, 5) is 10.5. The highest BCUT2D eigenvalue weighted by Gasteiger charge is 2.07. The molecule has 3 N–H and O–H groups in total. The monoisotopic (exact) mass is 169 g/mol. The molecule has 0 fully saturated rings. The zero-order valence-corrected chi connectivity index (χ0v) is 6.25. The lowest BCUT2D eigenvalue weighted by Crippen LogP contribution is -2.02. The fourth-order valence-electron chi connectivity index (χ4n) is 0.872. The highest BCUT2D eigenvalue weighted by atomic mass is 19.1. The quantitative estimate of drug-likeness (QED) is 0.658. The Bertz CT molecular complexity index is 312. The van der Waals surface area contributed by atoms with Crippen molar-refractivity contribution in [1.82, 2.24) is 0 Å². The summed E-state index contributed by atoms with van der Waals surface area (Å²) in [7, 11) is 0. The molecule has 0 aliphatic heterocycles. The first-order chi connectivity index (χ1) is 5.65. The number of hydrogen-bond acceptors (Lipinski definition) is 2. The number of halogens is 1. The summed E-state index contributed by atoms with van der Waals surface area (Å²) in [5, 5.41) is 8.58. The minimum atomic E-state index is -1.14. The lowest BCUT2D eigenvalue weighted by atomic mass is 10.1. The van der Waals surface area contributed by atoms with Gasteiger partial charge in [0.25, 0.3) is 0 Å². The molecular formula is C8H8FNO2. The number of hydrogen-bond donors (Lipinski definition) is 2. The van der Waals surface area contributed by atoms with E-state index in [0.29, 0.717) is 5.56 Å². The largest absolute Gasteiger partial charge is 0.478 e. The highest BCUT2D eigenvalue weighted by Crippen LogP contribution is 2.14. The molecule has 0 bridgehead atoms. The van der Waals surface area contributed by atoms with Crippen LogP contribution in [0.2, 0.25) is 0 Å². The van der Waals surface area contributed by atoms with Crippen molar-refractivity contribution in [3.05, 3.63) is 29.3 Å². The molecule has 0 radical (unpaired) electrons. The lowest BCUT2D eigenvalue weighted by molar-refractivity contribution is 0.0698. The maximum Gasteiger partial charge on any atom is 0.337 e. The van der Waals surface area contributed by atoms with Crippen molar-refractivity contribution in [3.8, 4) is 0 Å². The Morgan fingerprint density at radius 1 is 1.58 bits per heavy atom. The van der Waals surface area contributed by atoms with Gasteiger partial charge in [0, 0.05) is 5.69 Å². The molecule has 0 saturated heterocycles. The van der Waals surface area contributed by atoms with Crippen molar-refractivity contribution in [2.75, 3.05) is 5.73 Å². The fraction of sp³-hybridized carbons (Fsp3) is 0.125. The van der Waals surface area contributed by atoms with E-state index in [1.165, 1.54) is 18.2 Å². The van der Waals surface area contributed by atoms with Crippen molar-refractivity contribution in [2.45, 2.75) is 6.67 Å². The third-order valence-corrected chi connectivity index (χ3v) is 1.50. The molecular weight excluding hydrogens is 161 g/mol. The van der Waals surface area contributed by atoms with Crippen LogP contribution in [-0.4, -0.2) is 11.1 Å². The van der Waals surface area contributed by atoms with E-state index in [2.05, 4.69) is 0 Å². The third-order valence-electron chi connectivity index (χ3n) is 1.50. The van der Waals surface area contributed by atoms with Crippen LogP contribution in [0.5, 0.6) is 0 Å². The van der Waals surface area contributed by atoms with Crippen LogP contribution in [0, 0.1) is 0 Å². The van der Waals surface area contributed by atoms with Crippen LogP contribution in [0.25, 0.3) is 0 Å². The van der Waals surface area contributed by atoms with Gasteiger partial charge in [0.05, 0.1) is 5.56 Å². The van der Waals surface area contributed by atoms with Crippen LogP contribution in [0.3, 0.4) is 0 Å². The van der Waals surface area contributed by atoms with Gasteiger partial charge < -0.3 is 10.8 Å². The Kier molecular flexibility index (Phi) is 2.28. The van der Waals surface area contributed by atoms with E-state index >= 15 is 0 Å². The highest BCUT2D eigenvalue weighted by molar-refractivity contribution is 5.93. The number of alkyl halides is 1. The smallest absolute Gasteiger partial charge is 0.337 e. The SMILES string of the molecule is Nc1ccc(CF)cc1C(=O)O. The molecule has 0 heterocycles. The van der Waals surface area contributed by atoms with E-state index in [4.69, 9.17) is 10.8 Å². The Morgan fingerprint density at radius 2 is 2.25 bits per heavy atom. The van der Waals surface area contributed by atoms with Crippen LogP contribution >= 0.6 is 0 Å². The van der Waals surface area contributed by atoms with E-state index in [9.17, 15) is 9.18 Å².